The highest BCUT2D eigenvalue weighted by Gasteiger charge is 2.35. The van der Waals surface area contributed by atoms with Gasteiger partial charge in [0.1, 0.15) is 12.2 Å². The van der Waals surface area contributed by atoms with Crippen LogP contribution in [-0.4, -0.2) is 52.1 Å². The van der Waals surface area contributed by atoms with Gasteiger partial charge in [-0.15, -0.1) is 0 Å². The largest absolute Gasteiger partial charge is 0.480 e. The number of urea groups is 1. The molecule has 1 aliphatic heterocycles. The summed E-state index contributed by atoms with van der Waals surface area (Å²) in [7, 11) is 1.32. The number of rotatable bonds is 5. The number of amides is 3. The molecule has 2 heterocycles. The number of aromatic nitrogens is 1. The fourth-order valence-electron chi connectivity index (χ4n) is 3.41. The monoisotopic (exact) mass is 411 g/mol. The van der Waals surface area contributed by atoms with Crippen LogP contribution in [-0.2, 0) is 14.3 Å². The summed E-state index contributed by atoms with van der Waals surface area (Å²) >= 11 is 0. The molecular weight excluding hydrogens is 390 g/mol. The Labute approximate surface area is 172 Å². The van der Waals surface area contributed by atoms with Gasteiger partial charge in [-0.05, 0) is 56.2 Å². The van der Waals surface area contributed by atoms with Crippen LogP contribution in [0.3, 0.4) is 0 Å². The van der Waals surface area contributed by atoms with Crippen molar-refractivity contribution in [1.29, 1.82) is 0 Å². The molecule has 9 heteroatoms. The number of carbonyl (C=O) groups excluding carboxylic acids is 3. The Balaban J connectivity index is 2.03. The predicted octanol–water partition coefficient (Wildman–Crippen LogP) is 2.17. The number of imide groups is 1. The van der Waals surface area contributed by atoms with E-state index in [4.69, 9.17) is 9.84 Å². The highest BCUT2D eigenvalue weighted by Crippen LogP contribution is 2.26. The molecule has 0 saturated carbocycles. The Morgan fingerprint density at radius 1 is 1.17 bits per heavy atom. The molecule has 0 aliphatic carbocycles. The van der Waals surface area contributed by atoms with Gasteiger partial charge in [0.15, 0.2) is 0 Å². The predicted molar refractivity (Wildman–Crippen MR) is 107 cm³/mol. The van der Waals surface area contributed by atoms with Crippen molar-refractivity contribution in [2.75, 3.05) is 13.7 Å². The number of esters is 1. The summed E-state index contributed by atoms with van der Waals surface area (Å²) in [5.41, 5.74) is 4.44. The molecule has 1 aromatic carbocycles. The Hall–Kier alpha value is -3.88. The molecule has 1 aromatic heterocycles. The van der Waals surface area contributed by atoms with Crippen LogP contribution < -0.4 is 5.32 Å². The van der Waals surface area contributed by atoms with Crippen LogP contribution in [0.15, 0.2) is 30.0 Å². The van der Waals surface area contributed by atoms with E-state index in [1.807, 2.05) is 37.5 Å². The van der Waals surface area contributed by atoms with Crippen molar-refractivity contribution in [1.82, 2.24) is 14.8 Å². The molecular formula is C21H21N3O6. The Kier molecular flexibility index (Phi) is 5.46. The van der Waals surface area contributed by atoms with Gasteiger partial charge in [0.25, 0.3) is 5.91 Å². The molecule has 30 heavy (non-hydrogen) atoms. The number of nitrogens with zero attached hydrogens (tertiary/aromatic N) is 2. The van der Waals surface area contributed by atoms with Crippen molar-refractivity contribution in [3.8, 4) is 5.69 Å². The Bertz CT molecular complexity index is 1110. The third-order valence-electron chi connectivity index (χ3n) is 4.90. The average molecular weight is 411 g/mol. The van der Waals surface area contributed by atoms with Gasteiger partial charge in [-0.25, -0.2) is 14.5 Å². The van der Waals surface area contributed by atoms with Gasteiger partial charge in [0.05, 0.1) is 12.7 Å². The maximum atomic E-state index is 12.4. The van der Waals surface area contributed by atoms with Crippen LogP contribution >= 0.6 is 0 Å². The van der Waals surface area contributed by atoms with E-state index in [0.717, 1.165) is 22.6 Å². The van der Waals surface area contributed by atoms with Gasteiger partial charge in [-0.3, -0.25) is 9.59 Å². The van der Waals surface area contributed by atoms with E-state index < -0.39 is 30.4 Å². The zero-order valence-electron chi connectivity index (χ0n) is 17.0. The molecule has 1 saturated heterocycles. The molecule has 0 bridgehead atoms. The van der Waals surface area contributed by atoms with E-state index >= 15 is 0 Å². The number of benzene rings is 1. The SMILES string of the molecule is COC(=O)c1ccc(C)c(-n2c(C)cc(/C=C3/NC(=O)N(CC(=O)O)C3=O)c2C)c1. The molecule has 0 unspecified atom stereocenters. The minimum Gasteiger partial charge on any atom is -0.480 e. The van der Waals surface area contributed by atoms with E-state index in [0.29, 0.717) is 16.0 Å². The second-order valence-electron chi connectivity index (χ2n) is 6.93. The summed E-state index contributed by atoms with van der Waals surface area (Å²) in [5, 5.41) is 11.3. The van der Waals surface area contributed by atoms with E-state index in [9.17, 15) is 19.2 Å². The quantitative estimate of drug-likeness (QED) is 0.442. The summed E-state index contributed by atoms with van der Waals surface area (Å²) in [5.74, 6) is -2.42. The van der Waals surface area contributed by atoms with Crippen LogP contribution in [0.2, 0.25) is 0 Å². The maximum Gasteiger partial charge on any atom is 0.337 e. The Morgan fingerprint density at radius 2 is 1.87 bits per heavy atom. The lowest BCUT2D eigenvalue weighted by Gasteiger charge is -2.14. The number of ether oxygens (including phenoxy) is 1. The first-order valence-corrected chi connectivity index (χ1v) is 9.08. The number of hydrogen-bond acceptors (Lipinski definition) is 5. The summed E-state index contributed by atoms with van der Waals surface area (Å²) in [6, 6.07) is 6.31. The van der Waals surface area contributed by atoms with Gasteiger partial charge in [0, 0.05) is 17.1 Å². The van der Waals surface area contributed by atoms with Gasteiger partial charge >= 0.3 is 18.0 Å². The smallest absolute Gasteiger partial charge is 0.337 e. The van der Waals surface area contributed by atoms with Gasteiger partial charge in [0.2, 0.25) is 0 Å². The standard InChI is InChI=1S/C21H21N3O6/c1-11-5-6-14(20(28)30-4)9-17(11)24-12(2)7-15(13(24)3)8-16-19(27)23(10-18(25)26)21(29)22-16/h5-9H,10H2,1-4H3,(H,22,29)(H,25,26)/b16-8+. The third kappa shape index (κ3) is 3.69. The number of carboxylic acid groups (broad SMARTS) is 1. The summed E-state index contributed by atoms with van der Waals surface area (Å²) in [4.78, 5) is 47.7. The summed E-state index contributed by atoms with van der Waals surface area (Å²) in [6.45, 7) is 4.93. The van der Waals surface area contributed by atoms with Gasteiger partial charge < -0.3 is 19.7 Å². The third-order valence-corrected chi connectivity index (χ3v) is 4.90. The van der Waals surface area contributed by atoms with Crippen LogP contribution in [0.5, 0.6) is 0 Å². The molecule has 0 atom stereocenters. The second-order valence-corrected chi connectivity index (χ2v) is 6.93. The highest BCUT2D eigenvalue weighted by atomic mass is 16.5. The number of aryl methyl sites for hydroxylation is 2. The average Bonchev–Trinajstić information content (AvgIpc) is 3.11. The highest BCUT2D eigenvalue weighted by molar-refractivity contribution is 6.15. The lowest BCUT2D eigenvalue weighted by molar-refractivity contribution is -0.140. The fourth-order valence-corrected chi connectivity index (χ4v) is 3.41. The van der Waals surface area contributed by atoms with Crippen LogP contribution in [0.1, 0.15) is 32.9 Å². The lowest BCUT2D eigenvalue weighted by Crippen LogP contribution is -2.35. The topological polar surface area (TPSA) is 118 Å². The van der Waals surface area contributed by atoms with Crippen LogP contribution in [0, 0.1) is 20.8 Å². The van der Waals surface area contributed by atoms with E-state index in [-0.39, 0.29) is 5.70 Å². The number of carbonyl (C=O) groups is 4. The first kappa shape index (κ1) is 20.8. The molecule has 156 valence electrons. The fraction of sp³-hybridized carbons (Fsp3) is 0.238. The Morgan fingerprint density at radius 3 is 2.50 bits per heavy atom. The number of carboxylic acids is 1. The van der Waals surface area contributed by atoms with Crippen LogP contribution in [0.4, 0.5) is 4.79 Å². The summed E-state index contributed by atoms with van der Waals surface area (Å²) < 4.78 is 6.73. The maximum absolute atomic E-state index is 12.4. The normalized spacial score (nSPS) is 14.9. The van der Waals surface area contributed by atoms with Crippen molar-refractivity contribution in [3.05, 3.63) is 58.0 Å². The molecule has 0 spiro atoms. The minimum atomic E-state index is -1.28. The molecule has 9 nitrogen and oxygen atoms in total. The molecule has 1 fully saturated rings. The van der Waals surface area contributed by atoms with Gasteiger partial charge in [-0.1, -0.05) is 6.07 Å². The molecule has 3 rings (SSSR count). The van der Waals surface area contributed by atoms with Crippen molar-refractivity contribution in [2.45, 2.75) is 20.8 Å². The number of methoxy groups -OCH3 is 1. The first-order chi connectivity index (χ1) is 14.1. The molecule has 3 amide bonds. The minimum absolute atomic E-state index is 0.00142. The molecule has 1 aliphatic rings. The molecule has 2 N–H and O–H groups in total. The summed E-state index contributed by atoms with van der Waals surface area (Å²) in [6.07, 6.45) is 1.51. The molecule has 2 aromatic rings. The van der Waals surface area contributed by atoms with Crippen molar-refractivity contribution < 1.29 is 29.0 Å². The van der Waals surface area contributed by atoms with Crippen molar-refractivity contribution in [2.24, 2.45) is 0 Å². The zero-order valence-corrected chi connectivity index (χ0v) is 17.0. The van der Waals surface area contributed by atoms with Crippen molar-refractivity contribution >= 4 is 30.0 Å². The lowest BCUT2D eigenvalue weighted by atomic mass is 10.1. The number of hydrogen-bond donors (Lipinski definition) is 2. The van der Waals surface area contributed by atoms with E-state index in [1.165, 1.54) is 13.2 Å². The second kappa shape index (κ2) is 7.86. The van der Waals surface area contributed by atoms with Gasteiger partial charge in [-0.2, -0.15) is 0 Å². The van der Waals surface area contributed by atoms with Crippen LogP contribution in [0.25, 0.3) is 11.8 Å². The number of nitrogens with one attached hydrogen (secondary N) is 1. The number of aliphatic carboxylic acids is 1. The van der Waals surface area contributed by atoms with E-state index in [2.05, 4.69) is 5.32 Å². The first-order valence-electron chi connectivity index (χ1n) is 9.08. The van der Waals surface area contributed by atoms with Crippen molar-refractivity contribution in [3.63, 3.8) is 0 Å². The van der Waals surface area contributed by atoms with E-state index in [1.54, 1.807) is 12.1 Å². The zero-order chi connectivity index (χ0) is 22.2. The molecule has 0 radical (unpaired) electrons.